The highest BCUT2D eigenvalue weighted by Gasteiger charge is 2.29. The standard InChI is InChI=1S/C18H21FN2O3/c19-14-8-6-13(7-9-14)17(12-3-1-4-12)21-18(23)20-11-15(22)16-5-2-10-24-16/h2,5-10,12,15,17,22H,1,3-4,11H2,(H2,20,21,23). The van der Waals surface area contributed by atoms with Gasteiger partial charge in [0.15, 0.2) is 0 Å². The lowest BCUT2D eigenvalue weighted by molar-refractivity contribution is 0.146. The summed E-state index contributed by atoms with van der Waals surface area (Å²) in [7, 11) is 0. The first-order valence-corrected chi connectivity index (χ1v) is 8.15. The van der Waals surface area contributed by atoms with Crippen molar-refractivity contribution in [2.75, 3.05) is 6.54 Å². The Morgan fingerprint density at radius 2 is 2.04 bits per heavy atom. The first-order valence-electron chi connectivity index (χ1n) is 8.15. The fourth-order valence-corrected chi connectivity index (χ4v) is 2.88. The Kier molecular flexibility index (Phi) is 5.15. The molecule has 0 saturated heterocycles. The van der Waals surface area contributed by atoms with E-state index >= 15 is 0 Å². The highest BCUT2D eigenvalue weighted by molar-refractivity contribution is 5.74. The molecule has 2 amide bonds. The Balaban J connectivity index is 1.58. The zero-order valence-corrected chi connectivity index (χ0v) is 13.2. The van der Waals surface area contributed by atoms with E-state index in [2.05, 4.69) is 10.6 Å². The maximum atomic E-state index is 13.1. The maximum Gasteiger partial charge on any atom is 0.315 e. The summed E-state index contributed by atoms with van der Waals surface area (Å²) < 4.78 is 18.2. The summed E-state index contributed by atoms with van der Waals surface area (Å²) in [4.78, 5) is 12.2. The molecule has 0 aliphatic heterocycles. The van der Waals surface area contributed by atoms with Crippen LogP contribution in [0.4, 0.5) is 9.18 Å². The lowest BCUT2D eigenvalue weighted by atomic mass is 9.77. The molecule has 1 aromatic carbocycles. The van der Waals surface area contributed by atoms with Gasteiger partial charge in [-0.05, 0) is 48.6 Å². The number of carbonyl (C=O) groups excluding carboxylic acids is 1. The van der Waals surface area contributed by atoms with Crippen LogP contribution in [0.1, 0.15) is 42.7 Å². The number of furan rings is 1. The van der Waals surface area contributed by atoms with Gasteiger partial charge in [-0.25, -0.2) is 9.18 Å². The van der Waals surface area contributed by atoms with E-state index in [9.17, 15) is 14.3 Å². The van der Waals surface area contributed by atoms with Gasteiger partial charge in [0.25, 0.3) is 0 Å². The normalized spacial score (nSPS) is 16.9. The average molecular weight is 332 g/mol. The van der Waals surface area contributed by atoms with Gasteiger partial charge in [0.2, 0.25) is 0 Å². The van der Waals surface area contributed by atoms with Gasteiger partial charge in [-0.1, -0.05) is 18.6 Å². The van der Waals surface area contributed by atoms with Crippen molar-refractivity contribution in [1.82, 2.24) is 10.6 Å². The Bertz CT molecular complexity index is 653. The summed E-state index contributed by atoms with van der Waals surface area (Å²) >= 11 is 0. The van der Waals surface area contributed by atoms with Crippen LogP contribution in [0, 0.1) is 11.7 Å². The smallest absolute Gasteiger partial charge is 0.315 e. The summed E-state index contributed by atoms with van der Waals surface area (Å²) in [5.41, 5.74) is 0.892. The van der Waals surface area contributed by atoms with Gasteiger partial charge in [-0.3, -0.25) is 0 Å². The molecule has 0 bridgehead atoms. The molecule has 2 atom stereocenters. The third-order valence-electron chi connectivity index (χ3n) is 4.46. The number of aliphatic hydroxyl groups excluding tert-OH is 1. The van der Waals surface area contributed by atoms with E-state index in [0.717, 1.165) is 24.8 Å². The van der Waals surface area contributed by atoms with Crippen LogP contribution in [0.5, 0.6) is 0 Å². The molecule has 3 rings (SSSR count). The highest BCUT2D eigenvalue weighted by atomic mass is 19.1. The number of nitrogens with one attached hydrogen (secondary N) is 2. The molecule has 0 radical (unpaired) electrons. The van der Waals surface area contributed by atoms with Crippen LogP contribution in [-0.2, 0) is 0 Å². The number of urea groups is 1. The van der Waals surface area contributed by atoms with Crippen molar-refractivity contribution in [3.05, 3.63) is 59.8 Å². The summed E-state index contributed by atoms with van der Waals surface area (Å²) in [5.74, 6) is 0.470. The zero-order chi connectivity index (χ0) is 16.9. The second-order valence-electron chi connectivity index (χ2n) is 6.11. The molecule has 2 aromatic rings. The van der Waals surface area contributed by atoms with Crippen molar-refractivity contribution in [2.45, 2.75) is 31.4 Å². The van der Waals surface area contributed by atoms with Gasteiger partial charge < -0.3 is 20.2 Å². The fraction of sp³-hybridized carbons (Fsp3) is 0.389. The second kappa shape index (κ2) is 7.49. The van der Waals surface area contributed by atoms with Crippen LogP contribution < -0.4 is 10.6 Å². The monoisotopic (exact) mass is 332 g/mol. The Labute approximate surface area is 139 Å². The lowest BCUT2D eigenvalue weighted by Gasteiger charge is -2.34. The molecule has 128 valence electrons. The van der Waals surface area contributed by atoms with Crippen LogP contribution in [-0.4, -0.2) is 17.7 Å². The molecule has 3 N–H and O–H groups in total. The minimum Gasteiger partial charge on any atom is -0.467 e. The minimum absolute atomic E-state index is 0.0557. The van der Waals surface area contributed by atoms with Crippen LogP contribution in [0.25, 0.3) is 0 Å². The van der Waals surface area contributed by atoms with E-state index in [-0.39, 0.29) is 24.4 Å². The predicted octanol–water partition coefficient (Wildman–Crippen LogP) is 3.29. The lowest BCUT2D eigenvalue weighted by Crippen LogP contribution is -2.43. The van der Waals surface area contributed by atoms with Crippen LogP contribution in [0.15, 0.2) is 47.1 Å². The number of aliphatic hydroxyl groups is 1. The van der Waals surface area contributed by atoms with Crippen molar-refractivity contribution in [3.8, 4) is 0 Å². The van der Waals surface area contributed by atoms with Gasteiger partial charge in [-0.15, -0.1) is 0 Å². The van der Waals surface area contributed by atoms with Crippen LogP contribution in [0.3, 0.4) is 0 Å². The molecule has 5 nitrogen and oxygen atoms in total. The zero-order valence-electron chi connectivity index (χ0n) is 13.2. The highest BCUT2D eigenvalue weighted by Crippen LogP contribution is 2.37. The Morgan fingerprint density at radius 1 is 1.29 bits per heavy atom. The van der Waals surface area contributed by atoms with Crippen molar-refractivity contribution < 1.29 is 18.7 Å². The molecule has 24 heavy (non-hydrogen) atoms. The van der Waals surface area contributed by atoms with Crippen LogP contribution in [0.2, 0.25) is 0 Å². The molecule has 0 spiro atoms. The number of hydrogen-bond acceptors (Lipinski definition) is 3. The first kappa shape index (κ1) is 16.5. The number of benzene rings is 1. The van der Waals surface area contributed by atoms with E-state index in [4.69, 9.17) is 4.42 Å². The van der Waals surface area contributed by atoms with Crippen molar-refractivity contribution >= 4 is 6.03 Å². The number of rotatable bonds is 6. The van der Waals surface area contributed by atoms with Gasteiger partial charge in [0.1, 0.15) is 17.7 Å². The van der Waals surface area contributed by atoms with E-state index < -0.39 is 6.10 Å². The maximum absolute atomic E-state index is 13.1. The molecule has 1 heterocycles. The molecule has 1 fully saturated rings. The third-order valence-corrected chi connectivity index (χ3v) is 4.46. The summed E-state index contributed by atoms with van der Waals surface area (Å²) in [6.45, 7) is 0.0557. The fourth-order valence-electron chi connectivity index (χ4n) is 2.88. The van der Waals surface area contributed by atoms with Gasteiger partial charge in [0, 0.05) is 0 Å². The number of halogens is 1. The Morgan fingerprint density at radius 3 is 2.62 bits per heavy atom. The summed E-state index contributed by atoms with van der Waals surface area (Å²) in [5, 5.41) is 15.5. The summed E-state index contributed by atoms with van der Waals surface area (Å²) in [6, 6.07) is 9.04. The topological polar surface area (TPSA) is 74.5 Å². The second-order valence-corrected chi connectivity index (χ2v) is 6.11. The average Bonchev–Trinajstić information content (AvgIpc) is 3.05. The van der Waals surface area contributed by atoms with E-state index in [1.165, 1.54) is 18.4 Å². The number of amides is 2. The largest absolute Gasteiger partial charge is 0.467 e. The van der Waals surface area contributed by atoms with Crippen molar-refractivity contribution in [2.24, 2.45) is 5.92 Å². The van der Waals surface area contributed by atoms with E-state index in [1.807, 2.05) is 0 Å². The van der Waals surface area contributed by atoms with Crippen molar-refractivity contribution in [1.29, 1.82) is 0 Å². The summed E-state index contributed by atoms with van der Waals surface area (Å²) in [6.07, 6.45) is 3.80. The molecule has 2 unspecified atom stereocenters. The van der Waals surface area contributed by atoms with Gasteiger partial charge in [0.05, 0.1) is 18.8 Å². The predicted molar refractivity (Wildman–Crippen MR) is 86.7 cm³/mol. The van der Waals surface area contributed by atoms with Gasteiger partial charge in [-0.2, -0.15) is 0 Å². The quantitative estimate of drug-likeness (QED) is 0.760. The number of hydrogen-bond donors (Lipinski definition) is 3. The molecule has 6 heteroatoms. The van der Waals surface area contributed by atoms with Crippen molar-refractivity contribution in [3.63, 3.8) is 0 Å². The Hall–Kier alpha value is -2.34. The molecule has 1 aliphatic rings. The van der Waals surface area contributed by atoms with Gasteiger partial charge >= 0.3 is 6.03 Å². The molecular weight excluding hydrogens is 311 g/mol. The SMILES string of the molecule is O=C(NCC(O)c1ccco1)NC(c1ccc(F)cc1)C1CCC1. The first-order chi connectivity index (χ1) is 11.6. The van der Waals surface area contributed by atoms with E-state index in [0.29, 0.717) is 11.7 Å². The molecule has 1 aliphatic carbocycles. The molecular formula is C18H21FN2O3. The molecule has 1 aromatic heterocycles. The minimum atomic E-state index is -0.890. The molecule has 1 saturated carbocycles. The number of carbonyl (C=O) groups is 1. The van der Waals surface area contributed by atoms with E-state index in [1.54, 1.807) is 24.3 Å². The third kappa shape index (κ3) is 3.94. The van der Waals surface area contributed by atoms with Crippen LogP contribution >= 0.6 is 0 Å².